The van der Waals surface area contributed by atoms with Gasteiger partial charge in [0.15, 0.2) is 0 Å². The maximum Gasteiger partial charge on any atom is 0.0307 e. The minimum atomic E-state index is 0.720. The van der Waals surface area contributed by atoms with Gasteiger partial charge in [-0.2, -0.15) is 0 Å². The maximum absolute atomic E-state index is 5.48. The minimum Gasteiger partial charge on any atom is -0.399 e. The van der Waals surface area contributed by atoms with Crippen molar-refractivity contribution in [1.82, 2.24) is 0 Å². The van der Waals surface area contributed by atoms with Gasteiger partial charge < -0.3 is 5.73 Å². The van der Waals surface area contributed by atoms with Gasteiger partial charge >= 0.3 is 0 Å². The van der Waals surface area contributed by atoms with Crippen LogP contribution >= 0.6 is 0 Å². The van der Waals surface area contributed by atoms with Crippen LogP contribution in [0.15, 0.2) is 36.6 Å². The van der Waals surface area contributed by atoms with Crippen LogP contribution in [0.25, 0.3) is 0 Å². The number of unbranched alkanes of at least 4 members (excludes halogenated alkanes) is 2. The van der Waals surface area contributed by atoms with E-state index in [1.54, 1.807) is 6.08 Å². The molecule has 0 atom stereocenters. The molecule has 0 radical (unpaired) electrons. The van der Waals surface area contributed by atoms with E-state index in [-0.39, 0.29) is 0 Å². The van der Waals surface area contributed by atoms with Crippen molar-refractivity contribution < 1.29 is 0 Å². The van der Waals surface area contributed by atoms with E-state index < -0.39 is 0 Å². The first kappa shape index (κ1) is 10.0. The van der Waals surface area contributed by atoms with E-state index in [1.165, 1.54) is 12.8 Å². The Kier molecular flexibility index (Phi) is 6.50. The van der Waals surface area contributed by atoms with Gasteiger partial charge in [-0.05, 0) is 18.6 Å². The predicted molar refractivity (Wildman–Crippen MR) is 51.1 cm³/mol. The molecule has 0 heterocycles. The summed E-state index contributed by atoms with van der Waals surface area (Å²) >= 11 is 0. The van der Waals surface area contributed by atoms with Gasteiger partial charge in [-0.25, -0.2) is 0 Å². The fourth-order valence-corrected chi connectivity index (χ4v) is 0.665. The Morgan fingerprint density at radius 1 is 1.55 bits per heavy atom. The summed E-state index contributed by atoms with van der Waals surface area (Å²) in [4.78, 5) is 0. The van der Waals surface area contributed by atoms with E-state index in [4.69, 9.17) is 5.73 Å². The molecule has 0 amide bonds. The molecule has 0 aliphatic carbocycles. The number of nitrogens with two attached hydrogens (primary N) is 1. The molecule has 0 aromatic heterocycles. The van der Waals surface area contributed by atoms with Crippen molar-refractivity contribution >= 4 is 0 Å². The van der Waals surface area contributed by atoms with E-state index >= 15 is 0 Å². The molecule has 0 aromatic carbocycles. The number of rotatable bonds is 5. The zero-order valence-corrected chi connectivity index (χ0v) is 7.22. The lowest BCUT2D eigenvalue weighted by atomic mass is 10.2. The van der Waals surface area contributed by atoms with Crippen molar-refractivity contribution in [3.05, 3.63) is 36.6 Å². The Hall–Kier alpha value is -0.980. The topological polar surface area (TPSA) is 26.0 Å². The molecular weight excluding hydrogens is 134 g/mol. The summed E-state index contributed by atoms with van der Waals surface area (Å²) in [6, 6.07) is 0. The molecule has 0 unspecified atom stereocenters. The van der Waals surface area contributed by atoms with E-state index in [1.807, 2.05) is 12.2 Å². The molecule has 0 saturated carbocycles. The molecule has 0 fully saturated rings. The molecule has 2 N–H and O–H groups in total. The molecule has 11 heavy (non-hydrogen) atoms. The highest BCUT2D eigenvalue weighted by Gasteiger charge is 1.77. The highest BCUT2D eigenvalue weighted by Crippen LogP contribution is 1.95. The monoisotopic (exact) mass is 151 g/mol. The summed E-state index contributed by atoms with van der Waals surface area (Å²) in [6.45, 7) is 5.73. The van der Waals surface area contributed by atoms with Crippen LogP contribution in [0, 0.1) is 0 Å². The van der Waals surface area contributed by atoms with Crippen LogP contribution in [0.2, 0.25) is 0 Å². The molecule has 0 spiro atoms. The van der Waals surface area contributed by atoms with Crippen molar-refractivity contribution in [3.8, 4) is 0 Å². The zero-order chi connectivity index (χ0) is 8.53. The average molecular weight is 151 g/mol. The SMILES string of the molecule is C=C/C(N)=C\C=C\CCCC. The van der Waals surface area contributed by atoms with Crippen LogP contribution in [0.3, 0.4) is 0 Å². The third kappa shape index (κ3) is 6.91. The van der Waals surface area contributed by atoms with E-state index in [0.717, 1.165) is 12.1 Å². The molecule has 0 rings (SSSR count). The molecule has 0 aromatic rings. The van der Waals surface area contributed by atoms with Gasteiger partial charge in [-0.1, -0.05) is 38.5 Å². The second-order valence-electron chi connectivity index (χ2n) is 2.44. The van der Waals surface area contributed by atoms with Crippen molar-refractivity contribution in [3.63, 3.8) is 0 Å². The minimum absolute atomic E-state index is 0.720. The lowest BCUT2D eigenvalue weighted by Crippen LogP contribution is -1.89. The lowest BCUT2D eigenvalue weighted by Gasteiger charge is -1.87. The smallest absolute Gasteiger partial charge is 0.0307 e. The Morgan fingerprint density at radius 3 is 2.82 bits per heavy atom. The maximum atomic E-state index is 5.48. The van der Waals surface area contributed by atoms with Gasteiger partial charge in [0.05, 0.1) is 0 Å². The molecule has 1 heteroatoms. The molecule has 0 saturated heterocycles. The summed E-state index contributed by atoms with van der Waals surface area (Å²) in [5.74, 6) is 0. The number of hydrogen-bond acceptors (Lipinski definition) is 1. The first-order valence-electron chi connectivity index (χ1n) is 4.06. The van der Waals surface area contributed by atoms with E-state index in [2.05, 4.69) is 19.6 Å². The van der Waals surface area contributed by atoms with Crippen molar-refractivity contribution in [1.29, 1.82) is 0 Å². The third-order valence-electron chi connectivity index (χ3n) is 1.38. The van der Waals surface area contributed by atoms with E-state index in [0.29, 0.717) is 0 Å². The largest absolute Gasteiger partial charge is 0.399 e. The van der Waals surface area contributed by atoms with Gasteiger partial charge in [0.2, 0.25) is 0 Å². The zero-order valence-electron chi connectivity index (χ0n) is 7.22. The first-order chi connectivity index (χ1) is 5.31. The summed E-state index contributed by atoms with van der Waals surface area (Å²) in [5, 5.41) is 0. The standard InChI is InChI=1S/C10H17N/c1-3-5-6-7-8-9-10(11)4-2/h4,7-9H,2-3,5-6,11H2,1H3/b8-7+,10-9+. The van der Waals surface area contributed by atoms with Crippen LogP contribution in [0.1, 0.15) is 26.2 Å². The molecule has 0 aliphatic heterocycles. The number of allylic oxidation sites excluding steroid dienone is 4. The Morgan fingerprint density at radius 2 is 2.27 bits per heavy atom. The quantitative estimate of drug-likeness (QED) is 0.474. The first-order valence-corrected chi connectivity index (χ1v) is 4.06. The molecular formula is C10H17N. The van der Waals surface area contributed by atoms with Gasteiger partial charge in [0, 0.05) is 5.70 Å². The normalized spacial score (nSPS) is 12.3. The molecule has 62 valence electrons. The van der Waals surface area contributed by atoms with Gasteiger partial charge in [0.1, 0.15) is 0 Å². The fraction of sp³-hybridized carbons (Fsp3) is 0.400. The van der Waals surface area contributed by atoms with Crippen LogP contribution in [0.4, 0.5) is 0 Å². The second kappa shape index (κ2) is 7.13. The van der Waals surface area contributed by atoms with Crippen molar-refractivity contribution in [2.24, 2.45) is 5.73 Å². The van der Waals surface area contributed by atoms with Gasteiger partial charge in [0.25, 0.3) is 0 Å². The fourth-order valence-electron chi connectivity index (χ4n) is 0.665. The third-order valence-corrected chi connectivity index (χ3v) is 1.38. The van der Waals surface area contributed by atoms with Crippen LogP contribution < -0.4 is 5.73 Å². The summed E-state index contributed by atoms with van der Waals surface area (Å²) in [5.41, 5.74) is 6.20. The van der Waals surface area contributed by atoms with Crippen LogP contribution in [0.5, 0.6) is 0 Å². The Bertz CT molecular complexity index is 154. The second-order valence-corrected chi connectivity index (χ2v) is 2.44. The summed E-state index contributed by atoms with van der Waals surface area (Å²) < 4.78 is 0. The molecule has 1 nitrogen and oxygen atoms in total. The summed E-state index contributed by atoms with van der Waals surface area (Å²) in [6.07, 6.45) is 11.2. The predicted octanol–water partition coefficient (Wildman–Crippen LogP) is 2.76. The van der Waals surface area contributed by atoms with Gasteiger partial charge in [-0.15, -0.1) is 0 Å². The van der Waals surface area contributed by atoms with Gasteiger partial charge in [-0.3, -0.25) is 0 Å². The molecule has 0 bridgehead atoms. The van der Waals surface area contributed by atoms with E-state index in [9.17, 15) is 0 Å². The highest BCUT2D eigenvalue weighted by atomic mass is 14.5. The van der Waals surface area contributed by atoms with Crippen LogP contribution in [-0.4, -0.2) is 0 Å². The summed E-state index contributed by atoms with van der Waals surface area (Å²) in [7, 11) is 0. The lowest BCUT2D eigenvalue weighted by molar-refractivity contribution is 0.815. The average Bonchev–Trinajstić information content (AvgIpc) is 2.04. The highest BCUT2D eigenvalue weighted by molar-refractivity contribution is 5.18. The van der Waals surface area contributed by atoms with Crippen LogP contribution in [-0.2, 0) is 0 Å². The number of hydrogen-bond donors (Lipinski definition) is 1. The Balaban J connectivity index is 3.50. The Labute approximate surface area is 69.3 Å². The molecule has 0 aliphatic rings. The van der Waals surface area contributed by atoms with Crippen molar-refractivity contribution in [2.75, 3.05) is 0 Å². The van der Waals surface area contributed by atoms with Crippen molar-refractivity contribution in [2.45, 2.75) is 26.2 Å².